The average molecular weight is 162 g/mol. The fourth-order valence-corrected chi connectivity index (χ4v) is 0.434. The molecule has 0 rings (SSSR count). The summed E-state index contributed by atoms with van der Waals surface area (Å²) in [5.74, 6) is -0.184. The molecule has 0 radical (unpaired) electrons. The van der Waals surface area contributed by atoms with Crippen molar-refractivity contribution in [1.29, 1.82) is 0 Å². The number of hydrogen-bond donors (Lipinski definition) is 1. The van der Waals surface area contributed by atoms with Crippen LogP contribution < -0.4 is 0 Å². The van der Waals surface area contributed by atoms with E-state index in [9.17, 15) is 4.79 Å². The Bertz CT molecular complexity index is 175. The third kappa shape index (κ3) is 5.31. The lowest BCUT2D eigenvalue weighted by Gasteiger charge is -1.86. The Balaban J connectivity index is 3.80. The lowest BCUT2D eigenvalue weighted by molar-refractivity contribution is -0.111. The molecule has 0 bridgehead atoms. The molecular formula is C6H8ClNO2. The summed E-state index contributed by atoms with van der Waals surface area (Å²) in [6.45, 7) is 1.66. The molecule has 0 saturated carbocycles. The molecule has 0 aromatic carbocycles. The van der Waals surface area contributed by atoms with Crippen LogP contribution in [-0.4, -0.2) is 16.6 Å². The van der Waals surface area contributed by atoms with E-state index in [4.69, 9.17) is 16.7 Å². The average Bonchev–Trinajstić information content (AvgIpc) is 1.85. The predicted molar refractivity (Wildman–Crippen MR) is 40.4 cm³/mol. The maximum absolute atomic E-state index is 10.1. The summed E-state index contributed by atoms with van der Waals surface area (Å²) in [5.41, 5.74) is 0. The van der Waals surface area contributed by atoms with Crippen LogP contribution in [0.4, 0.5) is 0 Å². The Hall–Kier alpha value is -0.830. The molecular weight excluding hydrogens is 154 g/mol. The van der Waals surface area contributed by atoms with E-state index in [2.05, 4.69) is 4.99 Å². The van der Waals surface area contributed by atoms with Gasteiger partial charge in [-0.05, 0) is 24.6 Å². The molecule has 3 nitrogen and oxygen atoms in total. The molecule has 0 fully saturated rings. The molecule has 4 heteroatoms. The number of hydrogen-bond acceptors (Lipinski definition) is 3. The van der Waals surface area contributed by atoms with Gasteiger partial charge in [0.2, 0.25) is 11.1 Å². The van der Waals surface area contributed by atoms with Gasteiger partial charge in [0.1, 0.15) is 0 Å². The number of carbonyl (C=O) groups is 1. The van der Waals surface area contributed by atoms with Gasteiger partial charge in [0, 0.05) is 12.6 Å². The summed E-state index contributed by atoms with van der Waals surface area (Å²) < 4.78 is 0. The van der Waals surface area contributed by atoms with Gasteiger partial charge in [0.25, 0.3) is 0 Å². The van der Waals surface area contributed by atoms with Gasteiger partial charge >= 0.3 is 0 Å². The summed E-state index contributed by atoms with van der Waals surface area (Å²) >= 11 is 4.98. The number of aliphatic hydroxyl groups is 1. The minimum Gasteiger partial charge on any atom is -0.493 e. The van der Waals surface area contributed by atoms with Crippen molar-refractivity contribution in [3.63, 3.8) is 0 Å². The topological polar surface area (TPSA) is 49.7 Å². The molecule has 0 heterocycles. The van der Waals surface area contributed by atoms with Gasteiger partial charge in [-0.25, -0.2) is 4.99 Å². The van der Waals surface area contributed by atoms with Gasteiger partial charge in [-0.15, -0.1) is 0 Å². The largest absolute Gasteiger partial charge is 0.493 e. The second kappa shape index (κ2) is 4.99. The van der Waals surface area contributed by atoms with Crippen molar-refractivity contribution >= 4 is 23.1 Å². The lowest BCUT2D eigenvalue weighted by Crippen LogP contribution is -1.83. The quantitative estimate of drug-likeness (QED) is 0.389. The van der Waals surface area contributed by atoms with Crippen LogP contribution in [0.1, 0.15) is 13.3 Å². The smallest absolute Gasteiger partial charge is 0.225 e. The Morgan fingerprint density at radius 3 is 2.80 bits per heavy atom. The van der Waals surface area contributed by atoms with E-state index in [-0.39, 0.29) is 12.3 Å². The summed E-state index contributed by atoms with van der Waals surface area (Å²) in [6.07, 6.45) is 2.67. The molecule has 0 spiro atoms. The highest BCUT2D eigenvalue weighted by Gasteiger charge is 1.92. The third-order valence-electron chi connectivity index (χ3n) is 0.706. The molecule has 0 unspecified atom stereocenters. The van der Waals surface area contributed by atoms with Crippen LogP contribution in [0, 0.1) is 0 Å². The highest BCUT2D eigenvalue weighted by Crippen LogP contribution is 1.95. The highest BCUT2D eigenvalue weighted by molar-refractivity contribution is 6.63. The fourth-order valence-electron chi connectivity index (χ4n) is 0.357. The highest BCUT2D eigenvalue weighted by atomic mass is 35.5. The number of nitrogens with zero attached hydrogens (tertiary/aromatic N) is 1. The van der Waals surface area contributed by atoms with Crippen LogP contribution in [0.3, 0.4) is 0 Å². The first-order valence-corrected chi connectivity index (χ1v) is 3.10. The van der Waals surface area contributed by atoms with Crippen LogP contribution >= 0.6 is 11.6 Å². The molecule has 0 aromatic rings. The number of aliphatic imine (C=N–C) groups is 1. The van der Waals surface area contributed by atoms with E-state index in [0.29, 0.717) is 0 Å². The van der Waals surface area contributed by atoms with Gasteiger partial charge < -0.3 is 5.11 Å². The van der Waals surface area contributed by atoms with Crippen molar-refractivity contribution in [2.45, 2.75) is 13.3 Å². The Morgan fingerprint density at radius 1 is 1.80 bits per heavy atom. The molecule has 0 aliphatic heterocycles. The van der Waals surface area contributed by atoms with Gasteiger partial charge in [-0.3, -0.25) is 4.79 Å². The first-order chi connectivity index (χ1) is 4.66. The van der Waals surface area contributed by atoms with Gasteiger partial charge in [-0.1, -0.05) is 0 Å². The molecule has 0 aromatic heterocycles. The minimum absolute atomic E-state index is 0.00469. The third-order valence-corrected chi connectivity index (χ3v) is 0.861. The zero-order valence-corrected chi connectivity index (χ0v) is 6.30. The molecule has 10 heavy (non-hydrogen) atoms. The van der Waals surface area contributed by atoms with Gasteiger partial charge in [0.15, 0.2) is 0 Å². The van der Waals surface area contributed by atoms with Crippen molar-refractivity contribution in [3.05, 3.63) is 12.0 Å². The van der Waals surface area contributed by atoms with E-state index in [1.807, 2.05) is 0 Å². The molecule has 0 aliphatic carbocycles. The standard InChI is InChI=1S/C6H8ClNO2/c1-2-8-6(10)4-3-5(7)9/h2,4,10H,3H2,1H3/b6-4+,8-2-. The monoisotopic (exact) mass is 161 g/mol. The van der Waals surface area contributed by atoms with Crippen LogP contribution in [0.5, 0.6) is 0 Å². The lowest BCUT2D eigenvalue weighted by atomic mass is 10.4. The number of carbonyl (C=O) groups excluding carboxylic acids is 1. The van der Waals surface area contributed by atoms with Crippen molar-refractivity contribution in [3.8, 4) is 0 Å². The van der Waals surface area contributed by atoms with Crippen LogP contribution in [0.15, 0.2) is 17.0 Å². The summed E-state index contributed by atoms with van der Waals surface area (Å²) in [6, 6.07) is 0. The molecule has 0 saturated heterocycles. The Labute approximate surface area is 64.0 Å². The zero-order chi connectivity index (χ0) is 7.98. The van der Waals surface area contributed by atoms with E-state index in [1.165, 1.54) is 12.3 Å². The zero-order valence-electron chi connectivity index (χ0n) is 5.54. The SMILES string of the molecule is C/C=N\C(O)=C/CC(=O)Cl. The second-order valence-corrected chi connectivity index (χ2v) is 1.93. The Kier molecular flexibility index (Phi) is 4.58. The van der Waals surface area contributed by atoms with Crippen molar-refractivity contribution < 1.29 is 9.90 Å². The molecule has 0 aliphatic rings. The van der Waals surface area contributed by atoms with Gasteiger partial charge in [0.05, 0.1) is 0 Å². The van der Waals surface area contributed by atoms with Crippen LogP contribution in [-0.2, 0) is 4.79 Å². The fraction of sp³-hybridized carbons (Fsp3) is 0.333. The normalized spacial score (nSPS) is 12.4. The number of rotatable bonds is 3. The van der Waals surface area contributed by atoms with E-state index in [0.717, 1.165) is 0 Å². The summed E-state index contributed by atoms with van der Waals surface area (Å²) in [5, 5.41) is 8.23. The minimum atomic E-state index is -0.516. The first kappa shape index (κ1) is 9.17. The van der Waals surface area contributed by atoms with Gasteiger partial charge in [-0.2, -0.15) is 0 Å². The molecule has 0 atom stereocenters. The maximum atomic E-state index is 10.1. The van der Waals surface area contributed by atoms with Crippen molar-refractivity contribution in [2.75, 3.05) is 0 Å². The molecule has 1 N–H and O–H groups in total. The van der Waals surface area contributed by atoms with Crippen LogP contribution in [0.2, 0.25) is 0 Å². The first-order valence-electron chi connectivity index (χ1n) is 2.73. The van der Waals surface area contributed by atoms with Crippen LogP contribution in [0.25, 0.3) is 0 Å². The number of aliphatic hydroxyl groups excluding tert-OH is 1. The van der Waals surface area contributed by atoms with Crippen molar-refractivity contribution in [1.82, 2.24) is 0 Å². The second-order valence-electron chi connectivity index (χ2n) is 1.51. The Morgan fingerprint density at radius 2 is 2.40 bits per heavy atom. The summed E-state index contributed by atoms with van der Waals surface area (Å²) in [7, 11) is 0. The molecule has 56 valence electrons. The summed E-state index contributed by atoms with van der Waals surface area (Å²) in [4.78, 5) is 13.6. The number of halogens is 1. The predicted octanol–water partition coefficient (Wildman–Crippen LogP) is 1.63. The molecule has 0 amide bonds. The van der Waals surface area contributed by atoms with E-state index in [1.54, 1.807) is 6.92 Å². The van der Waals surface area contributed by atoms with Crippen molar-refractivity contribution in [2.24, 2.45) is 4.99 Å². The van der Waals surface area contributed by atoms with E-state index < -0.39 is 5.24 Å². The maximum Gasteiger partial charge on any atom is 0.225 e. The van der Waals surface area contributed by atoms with E-state index >= 15 is 0 Å². The number of allylic oxidation sites excluding steroid dienone is 1.